The number of aryl methyl sites for hydroxylation is 1. The summed E-state index contributed by atoms with van der Waals surface area (Å²) in [6.45, 7) is 1.23. The zero-order valence-corrected chi connectivity index (χ0v) is 22.8. The highest BCUT2D eigenvalue weighted by Gasteiger charge is 2.20. The number of rotatable bonds is 13. The van der Waals surface area contributed by atoms with Gasteiger partial charge in [0.15, 0.2) is 0 Å². The molecule has 0 aliphatic rings. The minimum absolute atomic E-state index is 0.0334. The predicted molar refractivity (Wildman–Crippen MR) is 158 cm³/mol. The van der Waals surface area contributed by atoms with Gasteiger partial charge in [-0.3, -0.25) is 4.79 Å². The van der Waals surface area contributed by atoms with Crippen LogP contribution in [0.15, 0.2) is 128 Å². The standard InChI is InChI=1S/C35H35NO4/c1-39-34(37)24-27-40-33-22-12-11-18-30(33)21-13-25-36(35(38)31-19-9-4-10-20-31)26-23-32(28-14-5-2-6-15-28)29-16-7-3-8-17-29/h2-12,14-20,22,24,27,32H,13,21,23,25-26H2,1H3. The number of nitrogens with zero attached hydrogens (tertiary/aromatic N) is 1. The Bertz CT molecular complexity index is 1330. The van der Waals surface area contributed by atoms with Gasteiger partial charge in [-0.05, 0) is 54.2 Å². The molecule has 0 saturated carbocycles. The summed E-state index contributed by atoms with van der Waals surface area (Å²) in [6.07, 6.45) is 4.88. The summed E-state index contributed by atoms with van der Waals surface area (Å²) in [5.74, 6) is 0.420. The first-order valence-electron chi connectivity index (χ1n) is 13.6. The first-order valence-corrected chi connectivity index (χ1v) is 13.6. The average Bonchev–Trinajstić information content (AvgIpc) is 3.02. The Kier molecular flexibility index (Phi) is 10.7. The molecule has 5 nitrogen and oxygen atoms in total. The van der Waals surface area contributed by atoms with Gasteiger partial charge in [0, 0.05) is 24.6 Å². The second-order valence-corrected chi connectivity index (χ2v) is 9.48. The molecule has 5 heteroatoms. The van der Waals surface area contributed by atoms with Crippen LogP contribution in [0.2, 0.25) is 0 Å². The summed E-state index contributed by atoms with van der Waals surface area (Å²) in [5, 5.41) is 0. The van der Waals surface area contributed by atoms with E-state index in [0.717, 1.165) is 24.8 Å². The molecule has 0 radical (unpaired) electrons. The minimum atomic E-state index is -0.475. The topological polar surface area (TPSA) is 55.8 Å². The molecular formula is C35H35NO4. The first kappa shape index (κ1) is 28.4. The van der Waals surface area contributed by atoms with Crippen LogP contribution in [0.3, 0.4) is 0 Å². The van der Waals surface area contributed by atoms with Crippen molar-refractivity contribution in [1.29, 1.82) is 0 Å². The van der Waals surface area contributed by atoms with E-state index in [-0.39, 0.29) is 11.8 Å². The molecule has 0 saturated heterocycles. The van der Waals surface area contributed by atoms with E-state index in [1.807, 2.05) is 71.6 Å². The van der Waals surface area contributed by atoms with Gasteiger partial charge in [-0.2, -0.15) is 0 Å². The van der Waals surface area contributed by atoms with Crippen LogP contribution >= 0.6 is 0 Å². The van der Waals surface area contributed by atoms with Gasteiger partial charge in [-0.25, -0.2) is 4.79 Å². The van der Waals surface area contributed by atoms with Gasteiger partial charge in [-0.15, -0.1) is 0 Å². The SMILES string of the molecule is COC(=O)C=COc1ccccc1CCCN(CCC(c1ccccc1)c1ccccc1)C(=O)c1ccccc1. The number of hydrogen-bond acceptors (Lipinski definition) is 4. The lowest BCUT2D eigenvalue weighted by Crippen LogP contribution is -2.34. The molecule has 4 rings (SSSR count). The number of para-hydroxylation sites is 1. The Hall–Kier alpha value is -4.64. The van der Waals surface area contributed by atoms with Crippen LogP contribution < -0.4 is 4.74 Å². The third-order valence-electron chi connectivity index (χ3n) is 6.85. The Balaban J connectivity index is 1.48. The number of carbonyl (C=O) groups is 2. The summed E-state index contributed by atoms with van der Waals surface area (Å²) in [4.78, 5) is 27.0. The molecule has 0 fully saturated rings. The minimum Gasteiger partial charge on any atom is -0.466 e. The number of carbonyl (C=O) groups excluding carboxylic acids is 2. The molecule has 0 N–H and O–H groups in total. The Morgan fingerprint density at radius 3 is 1.95 bits per heavy atom. The molecule has 0 spiro atoms. The number of amides is 1. The maximum Gasteiger partial charge on any atom is 0.333 e. The van der Waals surface area contributed by atoms with Crippen molar-refractivity contribution < 1.29 is 19.1 Å². The number of hydrogen-bond donors (Lipinski definition) is 0. The van der Waals surface area contributed by atoms with Gasteiger partial charge < -0.3 is 14.4 Å². The van der Waals surface area contributed by atoms with Crippen molar-refractivity contribution in [3.63, 3.8) is 0 Å². The maximum atomic E-state index is 13.6. The van der Waals surface area contributed by atoms with Crippen molar-refractivity contribution in [2.75, 3.05) is 20.2 Å². The highest BCUT2D eigenvalue weighted by Crippen LogP contribution is 2.28. The molecule has 0 aliphatic carbocycles. The van der Waals surface area contributed by atoms with E-state index in [4.69, 9.17) is 4.74 Å². The normalized spacial score (nSPS) is 10.9. The van der Waals surface area contributed by atoms with Crippen molar-refractivity contribution in [2.45, 2.75) is 25.2 Å². The van der Waals surface area contributed by atoms with Gasteiger partial charge in [0.1, 0.15) is 5.75 Å². The molecule has 0 aromatic heterocycles. The zero-order valence-electron chi connectivity index (χ0n) is 22.8. The van der Waals surface area contributed by atoms with Crippen molar-refractivity contribution in [3.8, 4) is 5.75 Å². The van der Waals surface area contributed by atoms with Gasteiger partial charge in [0.2, 0.25) is 0 Å². The van der Waals surface area contributed by atoms with Crippen molar-refractivity contribution in [3.05, 3.63) is 150 Å². The number of methoxy groups -OCH3 is 1. The van der Waals surface area contributed by atoms with Crippen LogP contribution in [0.25, 0.3) is 0 Å². The van der Waals surface area contributed by atoms with Crippen LogP contribution in [0.1, 0.15) is 45.8 Å². The van der Waals surface area contributed by atoms with Gasteiger partial charge in [-0.1, -0.05) is 97.1 Å². The van der Waals surface area contributed by atoms with E-state index in [2.05, 4.69) is 53.3 Å². The molecule has 204 valence electrons. The second kappa shape index (κ2) is 15.1. The summed E-state index contributed by atoms with van der Waals surface area (Å²) in [5.41, 5.74) is 4.18. The predicted octanol–water partition coefficient (Wildman–Crippen LogP) is 7.05. The molecular weight excluding hydrogens is 498 g/mol. The first-order chi connectivity index (χ1) is 19.7. The lowest BCUT2D eigenvalue weighted by Gasteiger charge is -2.26. The molecule has 0 aliphatic heterocycles. The van der Waals surface area contributed by atoms with Crippen LogP contribution in [0, 0.1) is 0 Å². The van der Waals surface area contributed by atoms with E-state index in [0.29, 0.717) is 24.4 Å². The van der Waals surface area contributed by atoms with Crippen LogP contribution in [0.5, 0.6) is 5.75 Å². The highest BCUT2D eigenvalue weighted by atomic mass is 16.5. The van der Waals surface area contributed by atoms with E-state index < -0.39 is 5.97 Å². The summed E-state index contributed by atoms with van der Waals surface area (Å²) >= 11 is 0. The van der Waals surface area contributed by atoms with Crippen molar-refractivity contribution in [1.82, 2.24) is 4.90 Å². The van der Waals surface area contributed by atoms with Crippen LogP contribution in [0.4, 0.5) is 0 Å². The molecule has 40 heavy (non-hydrogen) atoms. The third kappa shape index (κ3) is 8.18. The van der Waals surface area contributed by atoms with Crippen LogP contribution in [-0.2, 0) is 16.0 Å². The molecule has 0 bridgehead atoms. The van der Waals surface area contributed by atoms with E-state index in [1.165, 1.54) is 30.6 Å². The van der Waals surface area contributed by atoms with Gasteiger partial charge in [0.05, 0.1) is 19.4 Å². The smallest absolute Gasteiger partial charge is 0.333 e. The van der Waals surface area contributed by atoms with Gasteiger partial charge in [0.25, 0.3) is 5.91 Å². The Labute approximate surface area is 236 Å². The molecule has 4 aromatic rings. The monoisotopic (exact) mass is 533 g/mol. The fraction of sp³-hybridized carbons (Fsp3) is 0.200. The van der Waals surface area contributed by atoms with Gasteiger partial charge >= 0.3 is 5.97 Å². The third-order valence-corrected chi connectivity index (χ3v) is 6.85. The molecule has 0 unspecified atom stereocenters. The Morgan fingerprint density at radius 1 is 0.750 bits per heavy atom. The lowest BCUT2D eigenvalue weighted by molar-refractivity contribution is -0.134. The van der Waals surface area contributed by atoms with Crippen molar-refractivity contribution >= 4 is 11.9 Å². The molecule has 0 heterocycles. The van der Waals surface area contributed by atoms with Crippen LogP contribution in [-0.4, -0.2) is 37.0 Å². The molecule has 0 atom stereocenters. The molecule has 1 amide bonds. The fourth-order valence-corrected chi connectivity index (χ4v) is 4.78. The fourth-order valence-electron chi connectivity index (χ4n) is 4.78. The summed E-state index contributed by atoms with van der Waals surface area (Å²) < 4.78 is 10.3. The largest absolute Gasteiger partial charge is 0.466 e. The molecule has 4 aromatic carbocycles. The van der Waals surface area contributed by atoms with Crippen molar-refractivity contribution in [2.24, 2.45) is 0 Å². The van der Waals surface area contributed by atoms with E-state index >= 15 is 0 Å². The highest BCUT2D eigenvalue weighted by molar-refractivity contribution is 5.94. The number of ether oxygens (including phenoxy) is 2. The van der Waals surface area contributed by atoms with E-state index in [1.54, 1.807) is 0 Å². The maximum absolute atomic E-state index is 13.6. The number of benzene rings is 4. The quantitative estimate of drug-likeness (QED) is 0.105. The zero-order chi connectivity index (χ0) is 28.0. The lowest BCUT2D eigenvalue weighted by atomic mass is 9.88. The van der Waals surface area contributed by atoms with E-state index in [9.17, 15) is 9.59 Å². The summed E-state index contributed by atoms with van der Waals surface area (Å²) in [7, 11) is 1.32. The number of esters is 1. The second-order valence-electron chi connectivity index (χ2n) is 9.48. The summed E-state index contributed by atoms with van der Waals surface area (Å²) in [6, 6.07) is 38.2. The average molecular weight is 534 g/mol. The Morgan fingerprint density at radius 2 is 1.32 bits per heavy atom.